The van der Waals surface area contributed by atoms with E-state index in [-0.39, 0.29) is 28.9 Å². The maximum atomic E-state index is 11.4. The molecule has 5 nitrogen and oxygen atoms in total. The van der Waals surface area contributed by atoms with Gasteiger partial charge in [0.05, 0.1) is 23.1 Å². The number of aliphatic hydroxyl groups is 2. The molecule has 100 valence electrons. The van der Waals surface area contributed by atoms with Crippen molar-refractivity contribution >= 4 is 21.4 Å². The number of hydrogen-bond donors (Lipinski definition) is 2. The molecule has 0 saturated carbocycles. The van der Waals surface area contributed by atoms with Crippen molar-refractivity contribution in [2.24, 2.45) is 0 Å². The summed E-state index contributed by atoms with van der Waals surface area (Å²) in [6.45, 7) is -0.272. The highest BCUT2D eigenvalue weighted by molar-refractivity contribution is 7.91. The molecule has 1 aromatic carbocycles. The van der Waals surface area contributed by atoms with Crippen LogP contribution >= 0.6 is 11.6 Å². The van der Waals surface area contributed by atoms with E-state index in [0.29, 0.717) is 5.56 Å². The van der Waals surface area contributed by atoms with E-state index in [1.54, 1.807) is 18.2 Å². The number of halogens is 1. The number of sulfone groups is 1. The minimum Gasteiger partial charge on any atom is -0.485 e. The minimum atomic E-state index is -3.28. The number of benzene rings is 1. The molecule has 1 fully saturated rings. The highest BCUT2D eigenvalue weighted by Crippen LogP contribution is 2.31. The average molecular weight is 293 g/mol. The van der Waals surface area contributed by atoms with Crippen molar-refractivity contribution in [3.63, 3.8) is 0 Å². The monoisotopic (exact) mass is 292 g/mol. The molecule has 0 aliphatic carbocycles. The van der Waals surface area contributed by atoms with E-state index in [2.05, 4.69) is 0 Å². The summed E-state index contributed by atoms with van der Waals surface area (Å²) in [5.74, 6) is -0.330. The van der Waals surface area contributed by atoms with Crippen molar-refractivity contribution in [3.8, 4) is 5.75 Å². The zero-order chi connectivity index (χ0) is 13.3. The third-order valence-electron chi connectivity index (χ3n) is 2.76. The Balaban J connectivity index is 2.25. The number of para-hydroxylation sites is 1. The zero-order valence-electron chi connectivity index (χ0n) is 9.41. The molecule has 2 N–H and O–H groups in total. The van der Waals surface area contributed by atoms with E-state index in [4.69, 9.17) is 21.4 Å². The van der Waals surface area contributed by atoms with Crippen LogP contribution in [0.15, 0.2) is 18.2 Å². The van der Waals surface area contributed by atoms with Gasteiger partial charge in [-0.1, -0.05) is 23.7 Å². The standard InChI is InChI=1S/C11H13ClO5S/c12-8-3-1-2-7(4-13)11(8)17-10-6-18(15,16)5-9(10)14/h1-3,9-10,13-14H,4-6H2. The maximum absolute atomic E-state index is 11.4. The van der Waals surface area contributed by atoms with Crippen LogP contribution in [0, 0.1) is 0 Å². The fourth-order valence-electron chi connectivity index (χ4n) is 1.87. The van der Waals surface area contributed by atoms with Gasteiger partial charge in [-0.2, -0.15) is 0 Å². The Morgan fingerprint density at radius 2 is 2.11 bits per heavy atom. The van der Waals surface area contributed by atoms with E-state index in [9.17, 15) is 13.5 Å². The average Bonchev–Trinajstić information content (AvgIpc) is 2.54. The second kappa shape index (κ2) is 5.05. The molecule has 1 aliphatic rings. The van der Waals surface area contributed by atoms with Crippen LogP contribution in [0.3, 0.4) is 0 Å². The van der Waals surface area contributed by atoms with Crippen LogP contribution in [-0.2, 0) is 16.4 Å². The molecule has 0 bridgehead atoms. The molecule has 7 heteroatoms. The summed E-state index contributed by atoms with van der Waals surface area (Å²) in [5, 5.41) is 19.1. The van der Waals surface area contributed by atoms with Crippen LogP contribution in [0.2, 0.25) is 5.02 Å². The normalized spacial score (nSPS) is 26.2. The molecule has 1 saturated heterocycles. The van der Waals surface area contributed by atoms with Crippen LogP contribution in [0.4, 0.5) is 0 Å². The lowest BCUT2D eigenvalue weighted by Crippen LogP contribution is -2.30. The van der Waals surface area contributed by atoms with Gasteiger partial charge in [0.15, 0.2) is 9.84 Å². The van der Waals surface area contributed by atoms with E-state index in [0.717, 1.165) is 0 Å². The van der Waals surface area contributed by atoms with Crippen molar-refractivity contribution in [3.05, 3.63) is 28.8 Å². The predicted octanol–water partition coefficient (Wildman–Crippen LogP) is 0.369. The molecule has 1 heterocycles. The molecular weight excluding hydrogens is 280 g/mol. The summed E-state index contributed by atoms with van der Waals surface area (Å²) >= 11 is 5.94. The summed E-state index contributed by atoms with van der Waals surface area (Å²) < 4.78 is 28.2. The Kier molecular flexibility index (Phi) is 3.82. The Hall–Kier alpha value is -0.820. The van der Waals surface area contributed by atoms with Gasteiger partial charge in [0.1, 0.15) is 18.0 Å². The summed E-state index contributed by atoms with van der Waals surface area (Å²) in [6, 6.07) is 4.85. The van der Waals surface area contributed by atoms with E-state index < -0.39 is 22.0 Å². The molecule has 2 unspecified atom stereocenters. The van der Waals surface area contributed by atoms with Gasteiger partial charge in [-0.25, -0.2) is 8.42 Å². The van der Waals surface area contributed by atoms with Crippen LogP contribution in [0.5, 0.6) is 5.75 Å². The Morgan fingerprint density at radius 3 is 2.67 bits per heavy atom. The van der Waals surface area contributed by atoms with Crippen molar-refractivity contribution < 1.29 is 23.4 Å². The largest absolute Gasteiger partial charge is 0.485 e. The number of hydrogen-bond acceptors (Lipinski definition) is 5. The van der Waals surface area contributed by atoms with Crippen LogP contribution in [0.1, 0.15) is 5.56 Å². The van der Waals surface area contributed by atoms with Gasteiger partial charge in [0.2, 0.25) is 0 Å². The molecule has 0 aromatic heterocycles. The Bertz CT molecular complexity index is 542. The topological polar surface area (TPSA) is 83.8 Å². The maximum Gasteiger partial charge on any atom is 0.156 e. The number of rotatable bonds is 3. The number of aliphatic hydroxyl groups excluding tert-OH is 2. The summed E-state index contributed by atoms with van der Waals surface area (Å²) in [5.41, 5.74) is 0.457. The Morgan fingerprint density at radius 1 is 1.39 bits per heavy atom. The molecule has 1 aromatic rings. The molecule has 0 amide bonds. The first-order valence-corrected chi connectivity index (χ1v) is 7.56. The van der Waals surface area contributed by atoms with Gasteiger partial charge in [0, 0.05) is 5.56 Å². The second-order valence-corrected chi connectivity index (χ2v) is 6.75. The van der Waals surface area contributed by atoms with Gasteiger partial charge in [0.25, 0.3) is 0 Å². The van der Waals surface area contributed by atoms with E-state index in [1.807, 2.05) is 0 Å². The lowest BCUT2D eigenvalue weighted by Gasteiger charge is -2.18. The van der Waals surface area contributed by atoms with E-state index >= 15 is 0 Å². The molecule has 0 spiro atoms. The first-order valence-electron chi connectivity index (χ1n) is 5.36. The quantitative estimate of drug-likeness (QED) is 0.841. The SMILES string of the molecule is O=S1(=O)CC(O)C(Oc2c(Cl)cccc2CO)C1. The summed E-state index contributed by atoms with van der Waals surface area (Å²) in [6.07, 6.45) is -1.92. The van der Waals surface area contributed by atoms with Crippen LogP contribution < -0.4 is 4.74 Å². The lowest BCUT2D eigenvalue weighted by molar-refractivity contribution is 0.0722. The zero-order valence-corrected chi connectivity index (χ0v) is 11.0. The van der Waals surface area contributed by atoms with Crippen molar-refractivity contribution in [2.45, 2.75) is 18.8 Å². The van der Waals surface area contributed by atoms with Crippen molar-refractivity contribution in [1.29, 1.82) is 0 Å². The molecule has 2 rings (SSSR count). The van der Waals surface area contributed by atoms with Crippen molar-refractivity contribution in [2.75, 3.05) is 11.5 Å². The Labute approximate surface area is 110 Å². The third kappa shape index (κ3) is 2.77. The molecule has 2 atom stereocenters. The van der Waals surface area contributed by atoms with Gasteiger partial charge >= 0.3 is 0 Å². The molecule has 18 heavy (non-hydrogen) atoms. The fraction of sp³-hybridized carbons (Fsp3) is 0.455. The van der Waals surface area contributed by atoms with Gasteiger partial charge in [-0.15, -0.1) is 0 Å². The molecular formula is C11H13ClO5S. The first kappa shape index (κ1) is 13.6. The number of ether oxygens (including phenoxy) is 1. The van der Waals surface area contributed by atoms with E-state index in [1.165, 1.54) is 0 Å². The second-order valence-electron chi connectivity index (χ2n) is 4.19. The highest BCUT2D eigenvalue weighted by atomic mass is 35.5. The minimum absolute atomic E-state index is 0.225. The fourth-order valence-corrected chi connectivity index (χ4v) is 3.77. The first-order chi connectivity index (χ1) is 8.43. The van der Waals surface area contributed by atoms with Crippen LogP contribution in [0.25, 0.3) is 0 Å². The van der Waals surface area contributed by atoms with Gasteiger partial charge in [-0.05, 0) is 6.07 Å². The van der Waals surface area contributed by atoms with Crippen molar-refractivity contribution in [1.82, 2.24) is 0 Å². The molecule has 1 aliphatic heterocycles. The summed E-state index contributed by atoms with van der Waals surface area (Å²) in [7, 11) is -3.28. The van der Waals surface area contributed by atoms with Gasteiger partial charge in [-0.3, -0.25) is 0 Å². The lowest BCUT2D eigenvalue weighted by atomic mass is 10.2. The smallest absolute Gasteiger partial charge is 0.156 e. The summed E-state index contributed by atoms with van der Waals surface area (Å²) in [4.78, 5) is 0. The predicted molar refractivity (Wildman–Crippen MR) is 66.5 cm³/mol. The third-order valence-corrected chi connectivity index (χ3v) is 4.74. The van der Waals surface area contributed by atoms with Crippen LogP contribution in [-0.4, -0.2) is 42.3 Å². The van der Waals surface area contributed by atoms with Gasteiger partial charge < -0.3 is 14.9 Å². The molecule has 0 radical (unpaired) electrons. The highest BCUT2D eigenvalue weighted by Gasteiger charge is 2.38.